The van der Waals surface area contributed by atoms with Gasteiger partial charge in [-0.1, -0.05) is 17.7 Å². The normalized spacial score (nSPS) is 12.8. The Kier molecular flexibility index (Phi) is 3.64. The highest BCUT2D eigenvalue weighted by Gasteiger charge is 2.16. The van der Waals surface area contributed by atoms with Crippen molar-refractivity contribution >= 4 is 34.2 Å². The topological polar surface area (TPSA) is 30.7 Å². The molecule has 0 spiro atoms. The number of hydrogen-bond acceptors (Lipinski definition) is 2. The molecule has 0 aliphatic carbocycles. The van der Waals surface area contributed by atoms with Crippen molar-refractivity contribution in [1.29, 1.82) is 0 Å². The van der Waals surface area contributed by atoms with Crippen LogP contribution in [0.1, 0.15) is 23.7 Å². The highest BCUT2D eigenvalue weighted by Crippen LogP contribution is 2.29. The van der Waals surface area contributed by atoms with E-state index in [2.05, 4.69) is 14.5 Å². The molecule has 1 unspecified atom stereocenters. The molecule has 0 saturated carbocycles. The van der Waals surface area contributed by atoms with Gasteiger partial charge in [-0.25, -0.2) is 4.98 Å². The number of hydrogen-bond donors (Lipinski definition) is 0. The Balaban J connectivity index is 2.17. The molecule has 0 radical (unpaired) electrons. The van der Waals surface area contributed by atoms with Gasteiger partial charge in [0, 0.05) is 18.9 Å². The molecule has 2 heterocycles. The fourth-order valence-electron chi connectivity index (χ4n) is 2.27. The van der Waals surface area contributed by atoms with Gasteiger partial charge >= 0.3 is 0 Å². The van der Waals surface area contributed by atoms with E-state index in [9.17, 15) is 0 Å². The third-order valence-corrected chi connectivity index (χ3v) is 3.71. The van der Waals surface area contributed by atoms with E-state index in [1.807, 2.05) is 37.3 Å². The molecule has 0 amide bonds. The molecule has 2 aromatic heterocycles. The molecule has 1 aromatic carbocycles. The maximum atomic E-state index is 6.26. The van der Waals surface area contributed by atoms with Gasteiger partial charge in [-0.15, -0.1) is 11.6 Å². The third kappa shape index (κ3) is 2.39. The molecular formula is C15H13Cl2N3. The van der Waals surface area contributed by atoms with E-state index in [4.69, 9.17) is 23.2 Å². The summed E-state index contributed by atoms with van der Waals surface area (Å²) in [5.74, 6) is 0.826. The average molecular weight is 306 g/mol. The van der Waals surface area contributed by atoms with Gasteiger partial charge in [-0.2, -0.15) is 0 Å². The van der Waals surface area contributed by atoms with Crippen LogP contribution in [0.2, 0.25) is 5.02 Å². The van der Waals surface area contributed by atoms with E-state index in [0.717, 1.165) is 22.4 Å². The van der Waals surface area contributed by atoms with E-state index in [0.29, 0.717) is 11.6 Å². The predicted molar refractivity (Wildman–Crippen MR) is 82.4 cm³/mol. The Morgan fingerprint density at radius 1 is 1.20 bits per heavy atom. The molecule has 3 rings (SSSR count). The van der Waals surface area contributed by atoms with Gasteiger partial charge in [0.2, 0.25) is 0 Å². The number of alkyl halides is 1. The molecular weight excluding hydrogens is 293 g/mol. The number of rotatable bonds is 3. The Bertz CT molecular complexity index is 735. The number of fused-ring (bicyclic) bond motifs is 1. The van der Waals surface area contributed by atoms with Gasteiger partial charge in [0.15, 0.2) is 0 Å². The van der Waals surface area contributed by atoms with Crippen LogP contribution < -0.4 is 0 Å². The zero-order chi connectivity index (χ0) is 14.1. The summed E-state index contributed by atoms with van der Waals surface area (Å²) in [4.78, 5) is 8.63. The van der Waals surface area contributed by atoms with E-state index in [1.165, 1.54) is 0 Å². The Morgan fingerprint density at radius 2 is 1.95 bits per heavy atom. The van der Waals surface area contributed by atoms with Gasteiger partial charge in [-0.3, -0.25) is 4.98 Å². The summed E-state index contributed by atoms with van der Waals surface area (Å²) in [6.45, 7) is 2.62. The second kappa shape index (κ2) is 5.43. The fraction of sp³-hybridized carbons (Fsp3) is 0.200. The first-order valence-electron chi connectivity index (χ1n) is 6.34. The summed E-state index contributed by atoms with van der Waals surface area (Å²) in [6.07, 6.45) is 3.57. The first-order valence-corrected chi connectivity index (χ1v) is 7.16. The van der Waals surface area contributed by atoms with Gasteiger partial charge < -0.3 is 4.57 Å². The molecule has 102 valence electrons. The van der Waals surface area contributed by atoms with Crippen LogP contribution in [-0.2, 0) is 6.54 Å². The van der Waals surface area contributed by atoms with Crippen LogP contribution in [0.3, 0.4) is 0 Å². The molecule has 1 atom stereocenters. The minimum absolute atomic E-state index is 0.180. The molecule has 0 bridgehead atoms. The summed E-state index contributed by atoms with van der Waals surface area (Å²) in [6, 6.07) is 9.75. The summed E-state index contributed by atoms with van der Waals surface area (Å²) >= 11 is 12.5. The Labute approximate surface area is 127 Å². The highest BCUT2D eigenvalue weighted by molar-refractivity contribution is 6.35. The van der Waals surface area contributed by atoms with Gasteiger partial charge in [0.05, 0.1) is 15.9 Å². The SMILES string of the molecule is CC(Cl)c1nc2c(Cl)cccc2n1Cc1ccncc1. The van der Waals surface area contributed by atoms with Crippen LogP contribution in [0.25, 0.3) is 11.0 Å². The van der Waals surface area contributed by atoms with Gasteiger partial charge in [0.25, 0.3) is 0 Å². The van der Waals surface area contributed by atoms with E-state index in [-0.39, 0.29) is 5.38 Å². The molecule has 3 nitrogen and oxygen atoms in total. The first kappa shape index (κ1) is 13.4. The van der Waals surface area contributed by atoms with Crippen molar-refractivity contribution < 1.29 is 0 Å². The number of imidazole rings is 1. The minimum Gasteiger partial charge on any atom is -0.322 e. The van der Waals surface area contributed by atoms with Crippen molar-refractivity contribution in [3.8, 4) is 0 Å². The lowest BCUT2D eigenvalue weighted by molar-refractivity contribution is 0.742. The van der Waals surface area contributed by atoms with Crippen molar-refractivity contribution in [1.82, 2.24) is 14.5 Å². The molecule has 3 aromatic rings. The van der Waals surface area contributed by atoms with Crippen molar-refractivity contribution in [3.63, 3.8) is 0 Å². The summed E-state index contributed by atoms with van der Waals surface area (Å²) in [5, 5.41) is 0.467. The lowest BCUT2D eigenvalue weighted by atomic mass is 10.2. The summed E-state index contributed by atoms with van der Waals surface area (Å²) in [5.41, 5.74) is 2.94. The molecule has 0 aliphatic heterocycles. The van der Waals surface area contributed by atoms with Crippen molar-refractivity contribution in [2.75, 3.05) is 0 Å². The average Bonchev–Trinajstić information content (AvgIpc) is 2.81. The van der Waals surface area contributed by atoms with Gasteiger partial charge in [-0.05, 0) is 36.8 Å². The zero-order valence-electron chi connectivity index (χ0n) is 10.9. The summed E-state index contributed by atoms with van der Waals surface area (Å²) < 4.78 is 2.11. The van der Waals surface area contributed by atoms with Crippen LogP contribution in [0, 0.1) is 0 Å². The van der Waals surface area contributed by atoms with E-state index < -0.39 is 0 Å². The minimum atomic E-state index is -0.180. The standard InChI is InChI=1S/C15H13Cl2N3/c1-10(16)15-19-14-12(17)3-2-4-13(14)20(15)9-11-5-7-18-8-6-11/h2-8,10H,9H2,1H3. The molecule has 0 saturated heterocycles. The van der Waals surface area contributed by atoms with Crippen molar-refractivity contribution in [3.05, 3.63) is 59.1 Å². The van der Waals surface area contributed by atoms with Crippen LogP contribution in [0.5, 0.6) is 0 Å². The molecule has 0 N–H and O–H groups in total. The van der Waals surface area contributed by atoms with Crippen LogP contribution in [0.15, 0.2) is 42.7 Å². The lowest BCUT2D eigenvalue weighted by Crippen LogP contribution is -2.05. The lowest BCUT2D eigenvalue weighted by Gasteiger charge is -2.10. The predicted octanol–water partition coefficient (Wildman–Crippen LogP) is 4.43. The number of para-hydroxylation sites is 1. The maximum Gasteiger partial charge on any atom is 0.128 e. The van der Waals surface area contributed by atoms with Gasteiger partial charge in [0.1, 0.15) is 11.3 Å². The largest absolute Gasteiger partial charge is 0.322 e. The molecule has 0 fully saturated rings. The maximum absolute atomic E-state index is 6.26. The highest BCUT2D eigenvalue weighted by atomic mass is 35.5. The fourth-order valence-corrected chi connectivity index (χ4v) is 2.65. The first-order chi connectivity index (χ1) is 9.66. The second-order valence-corrected chi connectivity index (χ2v) is 5.70. The number of halogens is 2. The molecule has 5 heteroatoms. The second-order valence-electron chi connectivity index (χ2n) is 4.64. The smallest absolute Gasteiger partial charge is 0.128 e. The molecule has 20 heavy (non-hydrogen) atoms. The quantitative estimate of drug-likeness (QED) is 0.670. The van der Waals surface area contributed by atoms with Crippen molar-refractivity contribution in [2.45, 2.75) is 18.8 Å². The third-order valence-electron chi connectivity index (χ3n) is 3.21. The van der Waals surface area contributed by atoms with Crippen LogP contribution >= 0.6 is 23.2 Å². The summed E-state index contributed by atoms with van der Waals surface area (Å²) in [7, 11) is 0. The Morgan fingerprint density at radius 3 is 2.65 bits per heavy atom. The monoisotopic (exact) mass is 305 g/mol. The molecule has 0 aliphatic rings. The van der Waals surface area contributed by atoms with E-state index >= 15 is 0 Å². The van der Waals surface area contributed by atoms with Crippen molar-refractivity contribution in [2.24, 2.45) is 0 Å². The van der Waals surface area contributed by atoms with E-state index in [1.54, 1.807) is 12.4 Å². The number of pyridine rings is 1. The number of aromatic nitrogens is 3. The number of benzene rings is 1. The van der Waals surface area contributed by atoms with Crippen LogP contribution in [0.4, 0.5) is 0 Å². The Hall–Kier alpha value is -1.58. The zero-order valence-corrected chi connectivity index (χ0v) is 12.4. The van der Waals surface area contributed by atoms with Crippen LogP contribution in [-0.4, -0.2) is 14.5 Å². The number of nitrogens with zero attached hydrogens (tertiary/aromatic N) is 3.